The third-order valence-corrected chi connectivity index (χ3v) is 4.12. The molecule has 1 fully saturated rings. The van der Waals surface area contributed by atoms with Gasteiger partial charge in [-0.2, -0.15) is 0 Å². The zero-order chi connectivity index (χ0) is 14.8. The Hall–Kier alpha value is -2.03. The standard InChI is InChI=1S/C18H20FNO/c1-12-6-15(19)11-16(7-12)20-17-8-14(9-17)13-4-3-5-18(10-13)21-2/h3-7,10-11,14,17,20H,8-9H2,1-2H3. The number of nitrogens with one attached hydrogen (secondary N) is 1. The predicted molar refractivity (Wildman–Crippen MR) is 83.5 cm³/mol. The minimum absolute atomic E-state index is 0.179. The van der Waals surface area contributed by atoms with Gasteiger partial charge in [0.1, 0.15) is 11.6 Å². The summed E-state index contributed by atoms with van der Waals surface area (Å²) in [6, 6.07) is 13.8. The van der Waals surface area contributed by atoms with E-state index in [9.17, 15) is 4.39 Å². The fourth-order valence-corrected chi connectivity index (χ4v) is 2.96. The third kappa shape index (κ3) is 3.18. The maximum atomic E-state index is 13.4. The summed E-state index contributed by atoms with van der Waals surface area (Å²) in [7, 11) is 1.69. The summed E-state index contributed by atoms with van der Waals surface area (Å²) in [6.07, 6.45) is 2.14. The Labute approximate surface area is 125 Å². The van der Waals surface area contributed by atoms with E-state index in [-0.39, 0.29) is 5.82 Å². The van der Waals surface area contributed by atoms with Crippen molar-refractivity contribution in [2.45, 2.75) is 31.7 Å². The lowest BCUT2D eigenvalue weighted by Crippen LogP contribution is -2.34. The van der Waals surface area contributed by atoms with E-state index in [1.54, 1.807) is 19.2 Å². The van der Waals surface area contributed by atoms with Crippen molar-refractivity contribution in [3.05, 3.63) is 59.4 Å². The van der Waals surface area contributed by atoms with Gasteiger partial charge in [-0.25, -0.2) is 4.39 Å². The van der Waals surface area contributed by atoms with Crippen LogP contribution in [0.25, 0.3) is 0 Å². The van der Waals surface area contributed by atoms with Gasteiger partial charge in [0, 0.05) is 11.7 Å². The number of anilines is 1. The summed E-state index contributed by atoms with van der Waals surface area (Å²) in [5, 5.41) is 3.42. The highest BCUT2D eigenvalue weighted by atomic mass is 19.1. The molecule has 0 heterocycles. The van der Waals surface area contributed by atoms with Crippen LogP contribution >= 0.6 is 0 Å². The van der Waals surface area contributed by atoms with Crippen LogP contribution in [0.3, 0.4) is 0 Å². The summed E-state index contributed by atoms with van der Waals surface area (Å²) in [6.45, 7) is 1.91. The Bertz CT molecular complexity index is 615. The SMILES string of the molecule is COc1cccc(C2CC(Nc3cc(C)cc(F)c3)C2)c1. The summed E-state index contributed by atoms with van der Waals surface area (Å²) < 4.78 is 18.6. The van der Waals surface area contributed by atoms with Crippen LogP contribution in [0.1, 0.15) is 29.9 Å². The lowest BCUT2D eigenvalue weighted by atomic mass is 9.75. The number of halogens is 1. The van der Waals surface area contributed by atoms with Gasteiger partial charge in [0.2, 0.25) is 0 Å². The fourth-order valence-electron chi connectivity index (χ4n) is 2.96. The van der Waals surface area contributed by atoms with E-state index in [1.165, 1.54) is 5.56 Å². The average molecular weight is 285 g/mol. The van der Waals surface area contributed by atoms with Gasteiger partial charge in [-0.15, -0.1) is 0 Å². The predicted octanol–water partition coefficient (Wildman–Crippen LogP) is 4.50. The smallest absolute Gasteiger partial charge is 0.125 e. The molecule has 1 saturated carbocycles. The molecule has 110 valence electrons. The zero-order valence-electron chi connectivity index (χ0n) is 12.4. The maximum absolute atomic E-state index is 13.4. The molecule has 0 bridgehead atoms. The number of hydrogen-bond acceptors (Lipinski definition) is 2. The van der Waals surface area contributed by atoms with Crippen molar-refractivity contribution in [2.75, 3.05) is 12.4 Å². The molecule has 2 nitrogen and oxygen atoms in total. The molecule has 21 heavy (non-hydrogen) atoms. The van der Waals surface area contributed by atoms with Crippen LogP contribution < -0.4 is 10.1 Å². The molecule has 0 atom stereocenters. The second-order valence-corrected chi connectivity index (χ2v) is 5.80. The van der Waals surface area contributed by atoms with Crippen molar-refractivity contribution >= 4 is 5.69 Å². The molecule has 3 heteroatoms. The average Bonchev–Trinajstić information content (AvgIpc) is 2.41. The first kappa shape index (κ1) is 13.9. The second kappa shape index (κ2) is 5.76. The molecule has 0 unspecified atom stereocenters. The van der Waals surface area contributed by atoms with E-state index in [0.29, 0.717) is 12.0 Å². The molecule has 2 aromatic rings. The van der Waals surface area contributed by atoms with Gasteiger partial charge in [0.25, 0.3) is 0 Å². The molecular weight excluding hydrogens is 265 g/mol. The molecule has 0 spiro atoms. The van der Waals surface area contributed by atoms with Gasteiger partial charge in [-0.3, -0.25) is 0 Å². The monoisotopic (exact) mass is 285 g/mol. The minimum Gasteiger partial charge on any atom is -0.497 e. The quantitative estimate of drug-likeness (QED) is 0.893. The lowest BCUT2D eigenvalue weighted by molar-refractivity contribution is 0.370. The van der Waals surface area contributed by atoms with Gasteiger partial charge in [-0.05, 0) is 67.1 Å². The number of aryl methyl sites for hydroxylation is 1. The van der Waals surface area contributed by atoms with Crippen LogP contribution in [0.4, 0.5) is 10.1 Å². The van der Waals surface area contributed by atoms with Gasteiger partial charge in [0.15, 0.2) is 0 Å². The molecular formula is C18H20FNO. The van der Waals surface area contributed by atoms with Crippen LogP contribution in [-0.2, 0) is 0 Å². The Balaban J connectivity index is 1.60. The highest BCUT2D eigenvalue weighted by Gasteiger charge is 2.30. The van der Waals surface area contributed by atoms with Crippen molar-refractivity contribution in [2.24, 2.45) is 0 Å². The van der Waals surface area contributed by atoms with Crippen molar-refractivity contribution in [1.29, 1.82) is 0 Å². The molecule has 0 amide bonds. The minimum atomic E-state index is -0.179. The van der Waals surface area contributed by atoms with Crippen molar-refractivity contribution in [3.63, 3.8) is 0 Å². The molecule has 1 aliphatic rings. The van der Waals surface area contributed by atoms with Crippen LogP contribution in [0.15, 0.2) is 42.5 Å². The molecule has 0 radical (unpaired) electrons. The molecule has 1 N–H and O–H groups in total. The second-order valence-electron chi connectivity index (χ2n) is 5.80. The van der Waals surface area contributed by atoms with E-state index in [0.717, 1.165) is 29.8 Å². The normalized spacial score (nSPS) is 20.7. The Kier molecular flexibility index (Phi) is 3.82. The number of ether oxygens (including phenoxy) is 1. The number of hydrogen-bond donors (Lipinski definition) is 1. The molecule has 0 saturated heterocycles. The summed E-state index contributed by atoms with van der Waals surface area (Å²) in [5.41, 5.74) is 3.14. The van der Waals surface area contributed by atoms with E-state index in [4.69, 9.17) is 4.74 Å². The van der Waals surface area contributed by atoms with Gasteiger partial charge < -0.3 is 10.1 Å². The van der Waals surface area contributed by atoms with Gasteiger partial charge in [-0.1, -0.05) is 12.1 Å². The first-order chi connectivity index (χ1) is 10.1. The zero-order valence-corrected chi connectivity index (χ0v) is 12.4. The maximum Gasteiger partial charge on any atom is 0.125 e. The molecule has 2 aromatic carbocycles. The Morgan fingerprint density at radius 3 is 2.67 bits per heavy atom. The Morgan fingerprint density at radius 2 is 1.95 bits per heavy atom. The Morgan fingerprint density at radius 1 is 1.14 bits per heavy atom. The number of methoxy groups -OCH3 is 1. The summed E-state index contributed by atoms with van der Waals surface area (Å²) >= 11 is 0. The van der Waals surface area contributed by atoms with Crippen LogP contribution in [0.5, 0.6) is 5.75 Å². The highest BCUT2D eigenvalue weighted by molar-refractivity contribution is 5.48. The number of benzene rings is 2. The first-order valence-corrected chi connectivity index (χ1v) is 7.32. The van der Waals surface area contributed by atoms with Crippen molar-refractivity contribution in [1.82, 2.24) is 0 Å². The largest absolute Gasteiger partial charge is 0.497 e. The highest BCUT2D eigenvalue weighted by Crippen LogP contribution is 2.39. The van der Waals surface area contributed by atoms with Crippen LogP contribution in [-0.4, -0.2) is 13.2 Å². The fraction of sp³-hybridized carbons (Fsp3) is 0.333. The lowest BCUT2D eigenvalue weighted by Gasteiger charge is -2.37. The van der Waals surface area contributed by atoms with E-state index >= 15 is 0 Å². The summed E-state index contributed by atoms with van der Waals surface area (Å²) in [4.78, 5) is 0. The number of rotatable bonds is 4. The topological polar surface area (TPSA) is 21.3 Å². The van der Waals surface area contributed by atoms with Gasteiger partial charge in [0.05, 0.1) is 7.11 Å². The van der Waals surface area contributed by atoms with E-state index in [2.05, 4.69) is 17.4 Å². The molecule has 3 rings (SSSR count). The summed E-state index contributed by atoms with van der Waals surface area (Å²) in [5.74, 6) is 1.29. The third-order valence-electron chi connectivity index (χ3n) is 4.12. The van der Waals surface area contributed by atoms with Gasteiger partial charge >= 0.3 is 0 Å². The molecule has 0 aromatic heterocycles. The van der Waals surface area contributed by atoms with Crippen molar-refractivity contribution < 1.29 is 9.13 Å². The van der Waals surface area contributed by atoms with E-state index < -0.39 is 0 Å². The molecule has 1 aliphatic carbocycles. The first-order valence-electron chi connectivity index (χ1n) is 7.32. The molecule has 0 aliphatic heterocycles. The van der Waals surface area contributed by atoms with Crippen LogP contribution in [0.2, 0.25) is 0 Å². The van der Waals surface area contributed by atoms with E-state index in [1.807, 2.05) is 25.1 Å². The van der Waals surface area contributed by atoms with Crippen LogP contribution in [0, 0.1) is 12.7 Å². The van der Waals surface area contributed by atoms with Crippen molar-refractivity contribution in [3.8, 4) is 5.75 Å².